The largest absolute Gasteiger partial charge is 0.478 e. The molecule has 0 bridgehead atoms. The first-order valence-electron chi connectivity index (χ1n) is 9.18. The van der Waals surface area contributed by atoms with Gasteiger partial charge in [-0.15, -0.1) is 0 Å². The van der Waals surface area contributed by atoms with Crippen LogP contribution in [0.3, 0.4) is 0 Å². The van der Waals surface area contributed by atoms with Gasteiger partial charge in [0.2, 0.25) is 11.8 Å². The number of nitrogens with zero attached hydrogens (tertiary/aromatic N) is 1. The van der Waals surface area contributed by atoms with E-state index in [-0.39, 0.29) is 22.7 Å². The highest BCUT2D eigenvalue weighted by Crippen LogP contribution is 2.16. The van der Waals surface area contributed by atoms with Crippen molar-refractivity contribution in [3.63, 3.8) is 0 Å². The quantitative estimate of drug-likeness (QED) is 0.486. The Balaban J connectivity index is 2.79. The van der Waals surface area contributed by atoms with E-state index in [0.717, 1.165) is 0 Å². The van der Waals surface area contributed by atoms with Crippen LogP contribution in [0.25, 0.3) is 0 Å². The van der Waals surface area contributed by atoms with Gasteiger partial charge in [0.15, 0.2) is 0 Å². The molecular weight excluding hydrogens is 376 g/mol. The fraction of sp³-hybridized carbons (Fsp3) is 0.500. The molecule has 4 N–H and O–H groups in total. The molecule has 9 nitrogen and oxygen atoms in total. The van der Waals surface area contributed by atoms with Crippen molar-refractivity contribution in [2.45, 2.75) is 59.2 Å². The molecule has 0 aliphatic heterocycles. The molecule has 9 heteroatoms. The van der Waals surface area contributed by atoms with Gasteiger partial charge in [-0.2, -0.15) is 10.7 Å². The van der Waals surface area contributed by atoms with Crippen LogP contribution >= 0.6 is 0 Å². The van der Waals surface area contributed by atoms with Gasteiger partial charge in [0.25, 0.3) is 0 Å². The Hall–Kier alpha value is -2.96. The van der Waals surface area contributed by atoms with Gasteiger partial charge in [-0.25, -0.2) is 4.79 Å². The Bertz CT molecular complexity index is 808. The minimum absolute atomic E-state index is 0.0737. The van der Waals surface area contributed by atoms with Gasteiger partial charge in [-0.05, 0) is 51.8 Å². The molecule has 158 valence electrons. The van der Waals surface area contributed by atoms with E-state index in [0.29, 0.717) is 0 Å². The molecular formula is C20H28N4O5. The predicted molar refractivity (Wildman–Crippen MR) is 107 cm³/mol. The van der Waals surface area contributed by atoms with Crippen molar-refractivity contribution in [3.8, 4) is 6.07 Å². The smallest absolute Gasteiger partial charge is 0.337 e. The number of rotatable bonds is 8. The summed E-state index contributed by atoms with van der Waals surface area (Å²) in [5.41, 5.74) is 2.29. The molecule has 0 unspecified atom stereocenters. The Morgan fingerprint density at radius 1 is 1.14 bits per heavy atom. The van der Waals surface area contributed by atoms with Crippen LogP contribution < -0.4 is 16.1 Å². The average Bonchev–Trinajstić information content (AvgIpc) is 2.59. The van der Waals surface area contributed by atoms with Crippen LogP contribution in [0.15, 0.2) is 18.2 Å². The molecule has 0 fully saturated rings. The summed E-state index contributed by atoms with van der Waals surface area (Å²) in [6.45, 7) is 10.7. The maximum absolute atomic E-state index is 12.5. The average molecular weight is 404 g/mol. The van der Waals surface area contributed by atoms with Crippen LogP contribution in [0.4, 0.5) is 5.69 Å². The summed E-state index contributed by atoms with van der Waals surface area (Å²) >= 11 is 0. The first kappa shape index (κ1) is 24.1. The van der Waals surface area contributed by atoms with Gasteiger partial charge in [-0.3, -0.25) is 14.4 Å². The van der Waals surface area contributed by atoms with Crippen molar-refractivity contribution in [3.05, 3.63) is 29.3 Å². The summed E-state index contributed by atoms with van der Waals surface area (Å²) in [7, 11) is 0. The van der Waals surface area contributed by atoms with E-state index in [1.807, 2.05) is 34.6 Å². The molecule has 1 aromatic carbocycles. The molecule has 29 heavy (non-hydrogen) atoms. The van der Waals surface area contributed by atoms with Crippen molar-refractivity contribution in [1.29, 1.82) is 5.26 Å². The summed E-state index contributed by atoms with van der Waals surface area (Å²) in [6.07, 6.45) is 0. The summed E-state index contributed by atoms with van der Waals surface area (Å²) in [6, 6.07) is 4.14. The Morgan fingerprint density at radius 2 is 1.76 bits per heavy atom. The van der Waals surface area contributed by atoms with Gasteiger partial charge in [-0.1, -0.05) is 13.8 Å². The van der Waals surface area contributed by atoms with Crippen LogP contribution in [0.5, 0.6) is 0 Å². The van der Waals surface area contributed by atoms with Crippen LogP contribution in [0.1, 0.15) is 57.5 Å². The van der Waals surface area contributed by atoms with E-state index in [1.165, 1.54) is 25.1 Å². The monoisotopic (exact) mass is 404 g/mol. The molecule has 0 aromatic heterocycles. The fourth-order valence-electron chi connectivity index (χ4n) is 2.25. The minimum Gasteiger partial charge on any atom is -0.478 e. The van der Waals surface area contributed by atoms with E-state index < -0.39 is 35.5 Å². The Kier molecular flexibility index (Phi) is 8.30. The third-order valence-corrected chi connectivity index (χ3v) is 3.83. The number of hydrogen-bond acceptors (Lipinski definition) is 6. The molecule has 0 spiro atoms. The van der Waals surface area contributed by atoms with Crippen molar-refractivity contribution in [2.24, 2.45) is 5.92 Å². The van der Waals surface area contributed by atoms with E-state index in [1.54, 1.807) is 6.07 Å². The lowest BCUT2D eigenvalue weighted by atomic mass is 10.0. The lowest BCUT2D eigenvalue weighted by Crippen LogP contribution is -2.53. The van der Waals surface area contributed by atoms with E-state index in [9.17, 15) is 14.4 Å². The number of hydrogen-bond donors (Lipinski definition) is 4. The highest BCUT2D eigenvalue weighted by atomic mass is 16.7. The molecule has 2 amide bonds. The topological polar surface area (TPSA) is 141 Å². The van der Waals surface area contributed by atoms with Crippen molar-refractivity contribution in [2.75, 3.05) is 5.32 Å². The Labute approximate surface area is 170 Å². The predicted octanol–water partition coefficient (Wildman–Crippen LogP) is 2.04. The third kappa shape index (κ3) is 7.52. The SMILES string of the molecule is CC(C)[C@H](NOC(C)(C)C)C(=O)N[C@@H](C)C(=O)Nc1ccc(C(=O)O)c(C#N)c1. The molecule has 1 rings (SSSR count). The number of carboxylic acids is 1. The molecule has 0 aliphatic rings. The maximum Gasteiger partial charge on any atom is 0.337 e. The molecule has 0 aliphatic carbocycles. The van der Waals surface area contributed by atoms with Crippen molar-refractivity contribution < 1.29 is 24.3 Å². The van der Waals surface area contributed by atoms with Gasteiger partial charge in [0.1, 0.15) is 18.2 Å². The minimum atomic E-state index is -1.23. The van der Waals surface area contributed by atoms with Crippen molar-refractivity contribution in [1.82, 2.24) is 10.8 Å². The normalized spacial score (nSPS) is 13.3. The molecule has 0 radical (unpaired) electrons. The Morgan fingerprint density at radius 3 is 2.24 bits per heavy atom. The highest BCUT2D eigenvalue weighted by Gasteiger charge is 2.27. The van der Waals surface area contributed by atoms with Crippen LogP contribution in [-0.2, 0) is 14.4 Å². The lowest BCUT2D eigenvalue weighted by Gasteiger charge is -2.27. The highest BCUT2D eigenvalue weighted by molar-refractivity contribution is 5.98. The number of carbonyl (C=O) groups excluding carboxylic acids is 2. The van der Waals surface area contributed by atoms with Crippen LogP contribution in [0, 0.1) is 17.2 Å². The van der Waals surface area contributed by atoms with Crippen LogP contribution in [0.2, 0.25) is 0 Å². The number of carbonyl (C=O) groups is 3. The standard InChI is InChI=1S/C20H28N4O5/c1-11(2)16(24-29-20(4,5)6)18(26)22-12(3)17(25)23-14-7-8-15(19(27)28)13(9-14)10-21/h7-9,11-12,16,24H,1-6H3,(H,22,26)(H,23,25)(H,27,28)/t12-,16-/m0/s1. The van der Waals surface area contributed by atoms with Crippen LogP contribution in [-0.4, -0.2) is 40.6 Å². The second kappa shape index (κ2) is 10.0. The summed E-state index contributed by atoms with van der Waals surface area (Å²) in [5, 5.41) is 23.3. The zero-order valence-corrected chi connectivity index (χ0v) is 17.5. The number of nitriles is 1. The second-order valence-electron chi connectivity index (χ2n) is 7.95. The molecule has 0 heterocycles. The van der Waals surface area contributed by atoms with Crippen molar-refractivity contribution >= 4 is 23.5 Å². The van der Waals surface area contributed by atoms with Gasteiger partial charge >= 0.3 is 5.97 Å². The number of aromatic carboxylic acids is 1. The van der Waals surface area contributed by atoms with Gasteiger partial charge in [0.05, 0.1) is 16.7 Å². The van der Waals surface area contributed by atoms with E-state index in [4.69, 9.17) is 15.2 Å². The molecule has 1 aromatic rings. The zero-order valence-electron chi connectivity index (χ0n) is 17.5. The second-order valence-corrected chi connectivity index (χ2v) is 7.95. The number of benzene rings is 1. The first-order chi connectivity index (χ1) is 13.4. The first-order valence-corrected chi connectivity index (χ1v) is 9.18. The third-order valence-electron chi connectivity index (χ3n) is 3.83. The van der Waals surface area contributed by atoms with E-state index >= 15 is 0 Å². The lowest BCUT2D eigenvalue weighted by molar-refractivity contribution is -0.139. The molecule has 2 atom stereocenters. The fourth-order valence-corrected chi connectivity index (χ4v) is 2.25. The summed E-state index contributed by atoms with van der Waals surface area (Å²) in [4.78, 5) is 41.5. The summed E-state index contributed by atoms with van der Waals surface area (Å²) in [5.74, 6) is -2.23. The molecule has 0 saturated heterocycles. The number of hydroxylamine groups is 1. The van der Waals surface area contributed by atoms with Gasteiger partial charge < -0.3 is 15.7 Å². The summed E-state index contributed by atoms with van der Waals surface area (Å²) < 4.78 is 0. The zero-order chi connectivity index (χ0) is 22.4. The number of carboxylic acid groups (broad SMARTS) is 1. The number of nitrogens with one attached hydrogen (secondary N) is 3. The van der Waals surface area contributed by atoms with E-state index in [2.05, 4.69) is 16.1 Å². The molecule has 0 saturated carbocycles. The van der Waals surface area contributed by atoms with Gasteiger partial charge in [0, 0.05) is 5.69 Å². The number of anilines is 1. The maximum atomic E-state index is 12.5. The number of amides is 2.